The van der Waals surface area contributed by atoms with Crippen molar-refractivity contribution in [1.29, 1.82) is 0 Å². The SMILES string of the molecule is CCOc1ccc([C@H]2CC(=O)N(c3cccc(Cl)c3)C3=C2C(=O)OC3)cc1. The molecule has 1 atom stereocenters. The summed E-state index contributed by atoms with van der Waals surface area (Å²) < 4.78 is 10.8. The van der Waals surface area contributed by atoms with Gasteiger partial charge in [0.05, 0.1) is 23.6 Å². The third-order valence-corrected chi connectivity index (χ3v) is 5.01. The highest BCUT2D eigenvalue weighted by molar-refractivity contribution is 6.31. The highest BCUT2D eigenvalue weighted by atomic mass is 35.5. The average Bonchev–Trinajstić information content (AvgIpc) is 3.03. The zero-order chi connectivity index (χ0) is 19.0. The van der Waals surface area contributed by atoms with Crippen molar-refractivity contribution in [2.75, 3.05) is 18.1 Å². The summed E-state index contributed by atoms with van der Waals surface area (Å²) in [6.45, 7) is 2.58. The van der Waals surface area contributed by atoms with E-state index in [4.69, 9.17) is 21.1 Å². The second-order valence-electron chi connectivity index (χ2n) is 6.40. The molecule has 2 heterocycles. The summed E-state index contributed by atoms with van der Waals surface area (Å²) in [5.41, 5.74) is 2.67. The monoisotopic (exact) mass is 383 g/mol. The van der Waals surface area contributed by atoms with E-state index in [-0.39, 0.29) is 30.8 Å². The van der Waals surface area contributed by atoms with Gasteiger partial charge in [0.25, 0.3) is 0 Å². The molecule has 0 saturated heterocycles. The van der Waals surface area contributed by atoms with Gasteiger partial charge in [0, 0.05) is 17.4 Å². The Morgan fingerprint density at radius 2 is 1.96 bits per heavy atom. The number of nitrogens with zero attached hydrogens (tertiary/aromatic N) is 1. The number of rotatable bonds is 4. The molecule has 0 unspecified atom stereocenters. The van der Waals surface area contributed by atoms with E-state index in [1.54, 1.807) is 29.2 Å². The topological polar surface area (TPSA) is 55.8 Å². The molecule has 6 heteroatoms. The van der Waals surface area contributed by atoms with Gasteiger partial charge in [0.1, 0.15) is 12.4 Å². The van der Waals surface area contributed by atoms with Crippen LogP contribution in [0, 0.1) is 0 Å². The van der Waals surface area contributed by atoms with Crippen molar-refractivity contribution in [2.24, 2.45) is 0 Å². The number of carbonyl (C=O) groups excluding carboxylic acids is 2. The van der Waals surface area contributed by atoms with Crippen molar-refractivity contribution >= 4 is 29.2 Å². The lowest BCUT2D eigenvalue weighted by atomic mass is 9.84. The van der Waals surface area contributed by atoms with E-state index in [1.165, 1.54) is 0 Å². The predicted molar refractivity (Wildman–Crippen MR) is 102 cm³/mol. The minimum absolute atomic E-state index is 0.0833. The molecule has 0 radical (unpaired) electrons. The number of ether oxygens (including phenoxy) is 2. The smallest absolute Gasteiger partial charge is 0.336 e. The van der Waals surface area contributed by atoms with Crippen LogP contribution >= 0.6 is 11.6 Å². The summed E-state index contributed by atoms with van der Waals surface area (Å²) in [7, 11) is 0. The van der Waals surface area contributed by atoms with Crippen molar-refractivity contribution in [1.82, 2.24) is 0 Å². The van der Waals surface area contributed by atoms with E-state index in [2.05, 4.69) is 0 Å². The molecule has 0 aromatic heterocycles. The fourth-order valence-electron chi connectivity index (χ4n) is 3.62. The summed E-state index contributed by atoms with van der Waals surface area (Å²) in [4.78, 5) is 27.0. The Kier molecular flexibility index (Phi) is 4.62. The molecule has 1 amide bonds. The minimum atomic E-state index is -0.372. The van der Waals surface area contributed by atoms with Crippen LogP contribution in [0.1, 0.15) is 24.8 Å². The van der Waals surface area contributed by atoms with Gasteiger partial charge in [-0.3, -0.25) is 9.69 Å². The molecule has 138 valence electrons. The van der Waals surface area contributed by atoms with Crippen molar-refractivity contribution in [3.63, 3.8) is 0 Å². The maximum Gasteiger partial charge on any atom is 0.336 e. The first-order chi connectivity index (χ1) is 13.1. The molecule has 2 aromatic carbocycles. The quantitative estimate of drug-likeness (QED) is 0.747. The summed E-state index contributed by atoms with van der Waals surface area (Å²) in [6.07, 6.45) is 0.189. The van der Waals surface area contributed by atoms with E-state index in [1.807, 2.05) is 31.2 Å². The Morgan fingerprint density at radius 3 is 2.67 bits per heavy atom. The fourth-order valence-corrected chi connectivity index (χ4v) is 3.80. The molecule has 0 fully saturated rings. The molecule has 27 heavy (non-hydrogen) atoms. The van der Waals surface area contributed by atoms with Gasteiger partial charge < -0.3 is 9.47 Å². The Balaban J connectivity index is 1.75. The first-order valence-electron chi connectivity index (χ1n) is 8.80. The van der Waals surface area contributed by atoms with E-state index in [0.717, 1.165) is 11.3 Å². The van der Waals surface area contributed by atoms with Crippen LogP contribution in [0.3, 0.4) is 0 Å². The zero-order valence-electron chi connectivity index (χ0n) is 14.8. The highest BCUT2D eigenvalue weighted by Gasteiger charge is 2.42. The van der Waals surface area contributed by atoms with E-state index in [9.17, 15) is 9.59 Å². The molecular weight excluding hydrogens is 366 g/mol. The number of carbonyl (C=O) groups is 2. The first-order valence-corrected chi connectivity index (χ1v) is 9.17. The first kappa shape index (κ1) is 17.6. The van der Waals surface area contributed by atoms with Gasteiger partial charge in [-0.25, -0.2) is 4.79 Å². The summed E-state index contributed by atoms with van der Waals surface area (Å²) in [5.74, 6) is -0.0302. The molecule has 0 bridgehead atoms. The highest BCUT2D eigenvalue weighted by Crippen LogP contribution is 2.42. The summed E-state index contributed by atoms with van der Waals surface area (Å²) in [6, 6.07) is 14.5. The largest absolute Gasteiger partial charge is 0.494 e. The molecule has 0 N–H and O–H groups in total. The molecular formula is C21H18ClNO4. The summed E-state index contributed by atoms with van der Waals surface area (Å²) in [5, 5.41) is 0.529. The standard InChI is InChI=1S/C21H18ClNO4/c1-2-26-16-8-6-13(7-9-16)17-11-19(24)23(15-5-3-4-14(22)10-15)18-12-27-21(25)20(17)18/h3-10,17H,2,11-12H2,1H3/t17-/m1/s1. The summed E-state index contributed by atoms with van der Waals surface area (Å²) >= 11 is 6.08. The van der Waals surface area contributed by atoms with Gasteiger partial charge in [-0.1, -0.05) is 29.8 Å². The van der Waals surface area contributed by atoms with E-state index < -0.39 is 0 Å². The lowest BCUT2D eigenvalue weighted by molar-refractivity contribution is -0.136. The van der Waals surface area contributed by atoms with Gasteiger partial charge >= 0.3 is 5.97 Å². The molecule has 5 nitrogen and oxygen atoms in total. The van der Waals surface area contributed by atoms with Crippen LogP contribution < -0.4 is 9.64 Å². The fraction of sp³-hybridized carbons (Fsp3) is 0.238. The molecule has 2 aliphatic rings. The molecule has 0 spiro atoms. The van der Waals surface area contributed by atoms with Crippen LogP contribution in [0.15, 0.2) is 59.8 Å². The van der Waals surface area contributed by atoms with Crippen molar-refractivity contribution in [2.45, 2.75) is 19.3 Å². The normalized spacial score (nSPS) is 19.2. The Labute approximate surface area is 162 Å². The maximum atomic E-state index is 13.0. The Hall–Kier alpha value is -2.79. The average molecular weight is 384 g/mol. The van der Waals surface area contributed by atoms with Crippen LogP contribution in [0.25, 0.3) is 0 Å². The number of hydrogen-bond donors (Lipinski definition) is 0. The van der Waals surface area contributed by atoms with Crippen LogP contribution in [0.4, 0.5) is 5.69 Å². The molecule has 0 aliphatic carbocycles. The molecule has 2 aromatic rings. The van der Waals surface area contributed by atoms with Gasteiger partial charge in [0.2, 0.25) is 5.91 Å². The van der Waals surface area contributed by atoms with Crippen molar-refractivity contribution in [3.8, 4) is 5.75 Å². The third-order valence-electron chi connectivity index (χ3n) is 4.78. The second kappa shape index (κ2) is 7.08. The number of hydrogen-bond acceptors (Lipinski definition) is 4. The van der Waals surface area contributed by atoms with Crippen LogP contribution in [-0.2, 0) is 14.3 Å². The van der Waals surface area contributed by atoms with Gasteiger partial charge in [-0.15, -0.1) is 0 Å². The van der Waals surface area contributed by atoms with Crippen molar-refractivity contribution < 1.29 is 19.1 Å². The molecule has 0 saturated carbocycles. The molecule has 4 rings (SSSR count). The zero-order valence-corrected chi connectivity index (χ0v) is 15.5. The predicted octanol–water partition coefficient (Wildman–Crippen LogP) is 4.07. The number of halogens is 1. The Bertz CT molecular complexity index is 935. The van der Waals surface area contributed by atoms with Gasteiger partial charge in [-0.2, -0.15) is 0 Å². The maximum absolute atomic E-state index is 13.0. The van der Waals surface area contributed by atoms with E-state index in [0.29, 0.717) is 28.6 Å². The minimum Gasteiger partial charge on any atom is -0.494 e. The van der Waals surface area contributed by atoms with Crippen LogP contribution in [-0.4, -0.2) is 25.1 Å². The number of benzene rings is 2. The number of esters is 1. The second-order valence-corrected chi connectivity index (χ2v) is 6.84. The Morgan fingerprint density at radius 1 is 1.19 bits per heavy atom. The van der Waals surface area contributed by atoms with E-state index >= 15 is 0 Å². The van der Waals surface area contributed by atoms with Crippen LogP contribution in [0.5, 0.6) is 5.75 Å². The number of cyclic esters (lactones) is 1. The number of anilines is 1. The number of amides is 1. The lowest BCUT2D eigenvalue weighted by Gasteiger charge is -2.32. The molecule has 2 aliphatic heterocycles. The lowest BCUT2D eigenvalue weighted by Crippen LogP contribution is -2.37. The van der Waals surface area contributed by atoms with Crippen LogP contribution in [0.2, 0.25) is 5.02 Å². The van der Waals surface area contributed by atoms with Gasteiger partial charge in [-0.05, 0) is 42.8 Å². The third kappa shape index (κ3) is 3.19. The van der Waals surface area contributed by atoms with Gasteiger partial charge in [0.15, 0.2) is 0 Å². The van der Waals surface area contributed by atoms with Crippen molar-refractivity contribution in [3.05, 3.63) is 70.4 Å².